The lowest BCUT2D eigenvalue weighted by Crippen LogP contribution is -2.62. The maximum absolute atomic E-state index is 13.6. The normalized spacial score (nSPS) is 26.2. The van der Waals surface area contributed by atoms with Crippen molar-refractivity contribution in [3.63, 3.8) is 0 Å². The van der Waals surface area contributed by atoms with Gasteiger partial charge in [-0.3, -0.25) is 4.79 Å². The molecule has 2 atom stereocenters. The van der Waals surface area contributed by atoms with E-state index in [2.05, 4.69) is 21.0 Å². The van der Waals surface area contributed by atoms with Gasteiger partial charge >= 0.3 is 6.18 Å². The van der Waals surface area contributed by atoms with Crippen molar-refractivity contribution in [1.82, 2.24) is 5.01 Å². The van der Waals surface area contributed by atoms with E-state index in [4.69, 9.17) is 4.74 Å². The average molecular weight is 421 g/mol. The predicted molar refractivity (Wildman–Crippen MR) is 86.9 cm³/mol. The second kappa shape index (κ2) is 6.60. The van der Waals surface area contributed by atoms with Gasteiger partial charge in [-0.25, -0.2) is 0 Å². The summed E-state index contributed by atoms with van der Waals surface area (Å²) in [5.74, 6) is -1.92. The van der Waals surface area contributed by atoms with E-state index in [1.54, 1.807) is 24.3 Å². The Balaban J connectivity index is 1.79. The van der Waals surface area contributed by atoms with Crippen LogP contribution in [0.1, 0.15) is 25.7 Å². The third-order valence-electron chi connectivity index (χ3n) is 4.44. The number of aliphatic hydroxyl groups is 1. The summed E-state index contributed by atoms with van der Waals surface area (Å²) in [6.45, 7) is -0.649. The summed E-state index contributed by atoms with van der Waals surface area (Å²) in [4.78, 5) is 12.3. The van der Waals surface area contributed by atoms with Gasteiger partial charge in [0.1, 0.15) is 5.75 Å². The Bertz CT molecular complexity index is 693. The van der Waals surface area contributed by atoms with Gasteiger partial charge in [-0.15, -0.1) is 0 Å². The minimum atomic E-state index is -5.01. The molecule has 1 amide bonds. The first kappa shape index (κ1) is 18.2. The van der Waals surface area contributed by atoms with Gasteiger partial charge < -0.3 is 9.84 Å². The molecule has 136 valence electrons. The lowest BCUT2D eigenvalue weighted by Gasteiger charge is -2.38. The van der Waals surface area contributed by atoms with E-state index in [0.717, 1.165) is 4.47 Å². The molecule has 0 radical (unpaired) electrons. The molecular weight excluding hydrogens is 405 g/mol. The van der Waals surface area contributed by atoms with E-state index in [9.17, 15) is 23.1 Å². The zero-order valence-electron chi connectivity index (χ0n) is 13.1. The quantitative estimate of drug-likeness (QED) is 0.814. The summed E-state index contributed by atoms with van der Waals surface area (Å²) >= 11 is 3.24. The Hall–Kier alpha value is -1.61. The molecule has 1 aromatic rings. The molecule has 0 spiro atoms. The van der Waals surface area contributed by atoms with E-state index in [0.29, 0.717) is 25.0 Å². The zero-order chi connectivity index (χ0) is 18.2. The first-order chi connectivity index (χ1) is 11.7. The van der Waals surface area contributed by atoms with Crippen LogP contribution in [0, 0.1) is 5.92 Å². The minimum Gasteiger partial charge on any atom is -0.484 e. The molecule has 0 saturated heterocycles. The first-order valence-corrected chi connectivity index (χ1v) is 8.60. The van der Waals surface area contributed by atoms with Crippen molar-refractivity contribution in [2.24, 2.45) is 11.0 Å². The Morgan fingerprint density at radius 1 is 1.36 bits per heavy atom. The van der Waals surface area contributed by atoms with Gasteiger partial charge in [-0.05, 0) is 43.5 Å². The van der Waals surface area contributed by atoms with Crippen molar-refractivity contribution in [3.8, 4) is 5.75 Å². The number of hydrazone groups is 1. The number of carbonyl (C=O) groups is 1. The van der Waals surface area contributed by atoms with E-state index in [1.807, 2.05) is 0 Å². The maximum atomic E-state index is 13.6. The highest BCUT2D eigenvalue weighted by atomic mass is 79.9. The SMILES string of the molecule is O=C(COc1ccc(Br)cc1)N1N=C2CCCC[C@@H]2[C@@]1(O)C(F)(F)F. The van der Waals surface area contributed by atoms with Crippen LogP contribution in [0.3, 0.4) is 0 Å². The molecule has 1 saturated carbocycles. The van der Waals surface area contributed by atoms with Crippen LogP contribution in [0.4, 0.5) is 13.2 Å². The van der Waals surface area contributed by atoms with Crippen LogP contribution in [-0.4, -0.2) is 40.2 Å². The third kappa shape index (κ3) is 3.27. The van der Waals surface area contributed by atoms with E-state index < -0.39 is 30.3 Å². The number of nitrogens with zero attached hydrogens (tertiary/aromatic N) is 2. The molecule has 2 aliphatic rings. The molecule has 1 aliphatic carbocycles. The number of ether oxygens (including phenoxy) is 1. The van der Waals surface area contributed by atoms with Gasteiger partial charge in [-0.2, -0.15) is 23.3 Å². The van der Waals surface area contributed by atoms with E-state index in [-0.39, 0.29) is 17.1 Å². The monoisotopic (exact) mass is 420 g/mol. The van der Waals surface area contributed by atoms with Crippen LogP contribution in [0.25, 0.3) is 0 Å². The molecular formula is C16H16BrF3N2O3. The number of carbonyl (C=O) groups excluding carboxylic acids is 1. The molecule has 0 aromatic heterocycles. The number of amides is 1. The Morgan fingerprint density at radius 3 is 2.68 bits per heavy atom. The smallest absolute Gasteiger partial charge is 0.439 e. The van der Waals surface area contributed by atoms with Gasteiger partial charge in [0, 0.05) is 10.2 Å². The second-order valence-electron chi connectivity index (χ2n) is 6.06. The maximum Gasteiger partial charge on any atom is 0.439 e. The first-order valence-electron chi connectivity index (χ1n) is 7.81. The van der Waals surface area contributed by atoms with Crippen LogP contribution in [0.5, 0.6) is 5.75 Å². The Morgan fingerprint density at radius 2 is 2.04 bits per heavy atom. The summed E-state index contributed by atoms with van der Waals surface area (Å²) < 4.78 is 46.7. The third-order valence-corrected chi connectivity index (χ3v) is 4.97. The van der Waals surface area contributed by atoms with Crippen molar-refractivity contribution < 1.29 is 27.8 Å². The highest BCUT2D eigenvalue weighted by Gasteiger charge is 2.68. The topological polar surface area (TPSA) is 62.1 Å². The van der Waals surface area contributed by atoms with Crippen molar-refractivity contribution in [3.05, 3.63) is 28.7 Å². The molecule has 1 aromatic carbocycles. The number of benzene rings is 1. The molecule has 3 rings (SSSR count). The summed E-state index contributed by atoms with van der Waals surface area (Å²) in [5, 5.41) is 14.4. The van der Waals surface area contributed by atoms with Crippen LogP contribution in [0.15, 0.2) is 33.8 Å². The van der Waals surface area contributed by atoms with E-state index in [1.165, 1.54) is 0 Å². The highest BCUT2D eigenvalue weighted by Crippen LogP contribution is 2.48. The molecule has 1 fully saturated rings. The average Bonchev–Trinajstić information content (AvgIpc) is 2.89. The van der Waals surface area contributed by atoms with Crippen LogP contribution >= 0.6 is 15.9 Å². The fourth-order valence-electron chi connectivity index (χ4n) is 3.20. The number of hydrogen-bond donors (Lipinski definition) is 1. The fraction of sp³-hybridized carbons (Fsp3) is 0.500. The van der Waals surface area contributed by atoms with Crippen LogP contribution in [0.2, 0.25) is 0 Å². The van der Waals surface area contributed by atoms with Crippen LogP contribution in [-0.2, 0) is 4.79 Å². The molecule has 1 aliphatic heterocycles. The Labute approximate surface area is 150 Å². The molecule has 1 N–H and O–H groups in total. The lowest BCUT2D eigenvalue weighted by molar-refractivity contribution is -0.317. The van der Waals surface area contributed by atoms with Gasteiger partial charge in [0.15, 0.2) is 6.61 Å². The van der Waals surface area contributed by atoms with Crippen molar-refractivity contribution >= 4 is 27.5 Å². The number of fused-ring (bicyclic) bond motifs is 1. The second-order valence-corrected chi connectivity index (χ2v) is 6.98. The summed E-state index contributed by atoms with van der Waals surface area (Å²) in [5.41, 5.74) is -3.08. The van der Waals surface area contributed by atoms with Crippen LogP contribution < -0.4 is 4.74 Å². The van der Waals surface area contributed by atoms with E-state index >= 15 is 0 Å². The predicted octanol–water partition coefficient (Wildman–Crippen LogP) is 3.47. The summed E-state index contributed by atoms with van der Waals surface area (Å²) in [6, 6.07) is 6.50. The molecule has 5 nitrogen and oxygen atoms in total. The van der Waals surface area contributed by atoms with Gasteiger partial charge in [0.25, 0.3) is 11.6 Å². The number of alkyl halides is 3. The molecule has 25 heavy (non-hydrogen) atoms. The lowest BCUT2D eigenvalue weighted by atomic mass is 9.80. The molecule has 0 bridgehead atoms. The summed E-state index contributed by atoms with van der Waals surface area (Å²) in [6.07, 6.45) is -3.26. The molecule has 0 unspecified atom stereocenters. The highest BCUT2D eigenvalue weighted by molar-refractivity contribution is 9.10. The van der Waals surface area contributed by atoms with Gasteiger partial charge in [-0.1, -0.05) is 22.4 Å². The van der Waals surface area contributed by atoms with Crippen molar-refractivity contribution in [2.75, 3.05) is 6.61 Å². The zero-order valence-corrected chi connectivity index (χ0v) is 14.7. The largest absolute Gasteiger partial charge is 0.484 e. The van der Waals surface area contributed by atoms with Gasteiger partial charge in [0.2, 0.25) is 0 Å². The Kier molecular flexibility index (Phi) is 4.80. The number of halogens is 4. The molecule has 1 heterocycles. The van der Waals surface area contributed by atoms with Gasteiger partial charge in [0.05, 0.1) is 5.92 Å². The van der Waals surface area contributed by atoms with Crippen molar-refractivity contribution in [1.29, 1.82) is 0 Å². The fourth-order valence-corrected chi connectivity index (χ4v) is 3.47. The number of hydrogen-bond acceptors (Lipinski definition) is 4. The standard InChI is InChI=1S/C16H16BrF3N2O3/c17-10-5-7-11(8-6-10)25-9-14(23)22-15(24,16(18,19)20)12-3-1-2-4-13(12)21-22/h5-8,12,24H,1-4,9H2/t12-,15+/m0/s1. The minimum absolute atomic E-state index is 0.145. The summed E-state index contributed by atoms with van der Waals surface area (Å²) in [7, 11) is 0. The van der Waals surface area contributed by atoms with Crippen molar-refractivity contribution in [2.45, 2.75) is 37.6 Å². The number of rotatable bonds is 3. The molecule has 9 heteroatoms.